The molecule has 1 heterocycles. The summed E-state index contributed by atoms with van der Waals surface area (Å²) in [6, 6.07) is 6.28. The van der Waals surface area contributed by atoms with E-state index in [0.717, 1.165) is 5.56 Å². The summed E-state index contributed by atoms with van der Waals surface area (Å²) in [7, 11) is 0. The molecule has 0 atom stereocenters. The molecule has 0 unspecified atom stereocenters. The molecule has 1 saturated heterocycles. The lowest BCUT2D eigenvalue weighted by molar-refractivity contribution is -0.126. The van der Waals surface area contributed by atoms with E-state index in [2.05, 4.69) is 5.32 Å². The van der Waals surface area contributed by atoms with Crippen molar-refractivity contribution in [3.05, 3.63) is 35.6 Å². The van der Waals surface area contributed by atoms with Crippen LogP contribution in [0.5, 0.6) is 0 Å². The van der Waals surface area contributed by atoms with Crippen LogP contribution in [0.25, 0.3) is 0 Å². The Morgan fingerprint density at radius 1 is 1.25 bits per heavy atom. The van der Waals surface area contributed by atoms with Crippen molar-refractivity contribution in [1.82, 2.24) is 15.1 Å². The summed E-state index contributed by atoms with van der Waals surface area (Å²) in [4.78, 5) is 28.2. The third-order valence-corrected chi connectivity index (χ3v) is 4.53. The van der Waals surface area contributed by atoms with Gasteiger partial charge in [-0.15, -0.1) is 0 Å². The number of rotatable bonds is 5. The second kappa shape index (κ2) is 8.66. The molecule has 0 radical (unpaired) electrons. The predicted octanol–water partition coefficient (Wildman–Crippen LogP) is 2.62. The summed E-state index contributed by atoms with van der Waals surface area (Å²) >= 11 is 0. The van der Waals surface area contributed by atoms with Crippen LogP contribution in [0.15, 0.2) is 24.3 Å². The van der Waals surface area contributed by atoms with Crippen molar-refractivity contribution < 1.29 is 14.0 Å². The smallest absolute Gasteiger partial charge is 0.319 e. The maximum atomic E-state index is 13.1. The van der Waals surface area contributed by atoms with Gasteiger partial charge in [-0.1, -0.05) is 12.1 Å². The van der Waals surface area contributed by atoms with Crippen molar-refractivity contribution in [2.75, 3.05) is 26.2 Å². The fourth-order valence-electron chi connectivity index (χ4n) is 3.01. The first-order chi connectivity index (χ1) is 11.5. The van der Waals surface area contributed by atoms with Crippen LogP contribution in [0.4, 0.5) is 9.18 Å². The molecule has 2 rings (SSSR count). The summed E-state index contributed by atoms with van der Waals surface area (Å²) in [5, 5.41) is 2.87. The van der Waals surface area contributed by atoms with Crippen LogP contribution >= 0.6 is 0 Å². The Morgan fingerprint density at radius 3 is 2.50 bits per heavy atom. The van der Waals surface area contributed by atoms with Crippen LogP contribution in [0.3, 0.4) is 0 Å². The van der Waals surface area contributed by atoms with Crippen molar-refractivity contribution in [2.24, 2.45) is 5.92 Å². The van der Waals surface area contributed by atoms with Gasteiger partial charge >= 0.3 is 6.03 Å². The van der Waals surface area contributed by atoms with E-state index in [1.54, 1.807) is 17.0 Å². The maximum Gasteiger partial charge on any atom is 0.319 e. The van der Waals surface area contributed by atoms with Gasteiger partial charge in [0.05, 0.1) is 0 Å². The Bertz CT molecular complexity index is 567. The first kappa shape index (κ1) is 18.2. The summed E-state index contributed by atoms with van der Waals surface area (Å²) in [6.07, 6.45) is 1.34. The first-order valence-corrected chi connectivity index (χ1v) is 8.61. The fourth-order valence-corrected chi connectivity index (χ4v) is 3.01. The molecular formula is C18H26FN3O2. The van der Waals surface area contributed by atoms with Gasteiger partial charge in [0.25, 0.3) is 0 Å². The number of nitrogens with one attached hydrogen (secondary N) is 1. The van der Waals surface area contributed by atoms with Crippen molar-refractivity contribution in [3.63, 3.8) is 0 Å². The summed E-state index contributed by atoms with van der Waals surface area (Å²) in [5.74, 6) is -0.404. The molecule has 5 nitrogen and oxygen atoms in total. The molecule has 0 aromatic heterocycles. The molecule has 1 fully saturated rings. The Kier molecular flexibility index (Phi) is 6.58. The number of urea groups is 1. The second-order valence-electron chi connectivity index (χ2n) is 6.06. The van der Waals surface area contributed by atoms with Crippen LogP contribution in [-0.4, -0.2) is 47.9 Å². The van der Waals surface area contributed by atoms with Crippen LogP contribution in [0.2, 0.25) is 0 Å². The van der Waals surface area contributed by atoms with E-state index in [-0.39, 0.29) is 23.7 Å². The summed E-state index contributed by atoms with van der Waals surface area (Å²) < 4.78 is 13.1. The topological polar surface area (TPSA) is 52.7 Å². The van der Waals surface area contributed by atoms with Crippen LogP contribution < -0.4 is 5.32 Å². The van der Waals surface area contributed by atoms with Crippen molar-refractivity contribution >= 4 is 11.9 Å². The van der Waals surface area contributed by atoms with Gasteiger partial charge in [-0.05, 0) is 44.4 Å². The van der Waals surface area contributed by atoms with Gasteiger partial charge in [0.15, 0.2) is 0 Å². The minimum absolute atomic E-state index is 0.0193. The lowest BCUT2D eigenvalue weighted by Crippen LogP contribution is -2.48. The number of hydrogen-bond acceptors (Lipinski definition) is 2. The van der Waals surface area contributed by atoms with E-state index in [4.69, 9.17) is 0 Å². The van der Waals surface area contributed by atoms with Gasteiger partial charge in [-0.25, -0.2) is 9.18 Å². The van der Waals surface area contributed by atoms with Gasteiger partial charge in [0, 0.05) is 38.6 Å². The summed E-state index contributed by atoms with van der Waals surface area (Å²) in [6.45, 7) is 6.87. The fraction of sp³-hybridized carbons (Fsp3) is 0.556. The third-order valence-electron chi connectivity index (χ3n) is 4.53. The molecule has 1 N–H and O–H groups in total. The Balaban J connectivity index is 1.79. The standard InChI is InChI=1S/C18H26FN3O2/c1-3-21(4-2)18(24)22-10-8-15(9-11-22)17(23)20-13-14-6-5-7-16(19)12-14/h5-7,12,15H,3-4,8-11,13H2,1-2H3,(H,20,23). The molecule has 6 heteroatoms. The van der Waals surface area contributed by atoms with Crippen molar-refractivity contribution in [3.8, 4) is 0 Å². The van der Waals surface area contributed by atoms with Gasteiger partial charge in [-0.2, -0.15) is 0 Å². The monoisotopic (exact) mass is 335 g/mol. The zero-order chi connectivity index (χ0) is 17.5. The first-order valence-electron chi connectivity index (χ1n) is 8.61. The van der Waals surface area contributed by atoms with E-state index in [1.165, 1.54) is 12.1 Å². The van der Waals surface area contributed by atoms with E-state index in [0.29, 0.717) is 45.6 Å². The largest absolute Gasteiger partial charge is 0.352 e. The van der Waals surface area contributed by atoms with Crippen LogP contribution in [-0.2, 0) is 11.3 Å². The highest BCUT2D eigenvalue weighted by Gasteiger charge is 2.28. The van der Waals surface area contributed by atoms with Crippen LogP contribution in [0.1, 0.15) is 32.3 Å². The molecule has 0 saturated carbocycles. The van der Waals surface area contributed by atoms with Gasteiger partial charge in [0.1, 0.15) is 5.82 Å². The van der Waals surface area contributed by atoms with Crippen molar-refractivity contribution in [2.45, 2.75) is 33.2 Å². The molecule has 1 aromatic rings. The lowest BCUT2D eigenvalue weighted by Gasteiger charge is -2.34. The maximum absolute atomic E-state index is 13.1. The number of hydrogen-bond donors (Lipinski definition) is 1. The van der Waals surface area contributed by atoms with Crippen molar-refractivity contribution in [1.29, 1.82) is 0 Å². The third kappa shape index (κ3) is 4.69. The number of halogens is 1. The Labute approximate surface area is 142 Å². The van der Waals surface area contributed by atoms with E-state index in [9.17, 15) is 14.0 Å². The highest BCUT2D eigenvalue weighted by molar-refractivity contribution is 5.79. The molecule has 1 aliphatic rings. The molecule has 0 aliphatic carbocycles. The highest BCUT2D eigenvalue weighted by Crippen LogP contribution is 2.19. The molecule has 1 aliphatic heterocycles. The number of benzene rings is 1. The Hall–Kier alpha value is -2.11. The number of likely N-dealkylation sites (tertiary alicyclic amines) is 1. The SMILES string of the molecule is CCN(CC)C(=O)N1CCC(C(=O)NCc2cccc(F)c2)CC1. The zero-order valence-electron chi connectivity index (χ0n) is 14.4. The zero-order valence-corrected chi connectivity index (χ0v) is 14.4. The molecule has 1 aromatic carbocycles. The van der Waals surface area contributed by atoms with E-state index in [1.807, 2.05) is 18.7 Å². The lowest BCUT2D eigenvalue weighted by atomic mass is 9.96. The number of amides is 3. The molecule has 0 spiro atoms. The average molecular weight is 335 g/mol. The predicted molar refractivity (Wildman–Crippen MR) is 90.9 cm³/mol. The Morgan fingerprint density at radius 2 is 1.92 bits per heavy atom. The number of carbonyl (C=O) groups is 2. The van der Waals surface area contributed by atoms with Crippen LogP contribution in [0, 0.1) is 11.7 Å². The molecular weight excluding hydrogens is 309 g/mol. The second-order valence-corrected chi connectivity index (χ2v) is 6.06. The van der Waals surface area contributed by atoms with E-state index >= 15 is 0 Å². The van der Waals surface area contributed by atoms with Gasteiger partial charge in [-0.3, -0.25) is 4.79 Å². The van der Waals surface area contributed by atoms with E-state index < -0.39 is 0 Å². The minimum atomic E-state index is -0.301. The summed E-state index contributed by atoms with van der Waals surface area (Å²) in [5.41, 5.74) is 0.748. The molecule has 24 heavy (non-hydrogen) atoms. The van der Waals surface area contributed by atoms with Gasteiger partial charge in [0.2, 0.25) is 5.91 Å². The average Bonchev–Trinajstić information content (AvgIpc) is 2.61. The minimum Gasteiger partial charge on any atom is -0.352 e. The number of nitrogens with zero attached hydrogens (tertiary/aromatic N) is 2. The molecule has 0 bridgehead atoms. The normalized spacial score (nSPS) is 15.2. The van der Waals surface area contributed by atoms with Gasteiger partial charge < -0.3 is 15.1 Å². The molecule has 3 amide bonds. The quantitative estimate of drug-likeness (QED) is 0.899. The number of piperidine rings is 1. The molecule has 132 valence electrons. The number of carbonyl (C=O) groups excluding carboxylic acids is 2. The highest BCUT2D eigenvalue weighted by atomic mass is 19.1.